The van der Waals surface area contributed by atoms with Crippen molar-refractivity contribution in [2.24, 2.45) is 11.5 Å². The van der Waals surface area contributed by atoms with Crippen LogP contribution in [0.3, 0.4) is 0 Å². The van der Waals surface area contributed by atoms with E-state index in [1.165, 1.54) is 0 Å². The minimum absolute atomic E-state index is 0. The van der Waals surface area contributed by atoms with Gasteiger partial charge in [-0.05, 0) is 29.8 Å². The molecule has 0 aromatic carbocycles. The number of nitrogens with one attached hydrogen (secondary N) is 1. The molecule has 0 amide bonds. The van der Waals surface area contributed by atoms with Gasteiger partial charge >= 0.3 is 13.7 Å². The largest absolute Gasteiger partial charge is 0.482 e. The van der Waals surface area contributed by atoms with Gasteiger partial charge in [0.1, 0.15) is 6.04 Å². The summed E-state index contributed by atoms with van der Waals surface area (Å²) in [5.74, 6) is -0.933. The summed E-state index contributed by atoms with van der Waals surface area (Å²) in [5.41, 5.74) is 22.7. The van der Waals surface area contributed by atoms with E-state index in [0.29, 0.717) is 13.0 Å². The van der Waals surface area contributed by atoms with Crippen molar-refractivity contribution >= 4 is 13.7 Å². The SMILES string of the molecule is NCCCC[C@H](N)C(=O)O.O[B]O.[N-]=[N+]=N. The lowest BCUT2D eigenvalue weighted by molar-refractivity contribution is -0.138. The fraction of sp³-hybridized carbons (Fsp3) is 0.833. The molecule has 10 heteroatoms. The standard InChI is InChI=1S/C6H14N2O2.BH2O2.HN3/c7-4-2-1-3-5(8)6(9)10;2-1-3;1-3-2/h5H,1-4,7-8H2,(H,9,10);2-3H;1H/t5-;;/m0../s1. The molecule has 0 aromatic rings. The van der Waals surface area contributed by atoms with Crippen LogP contribution in [0.4, 0.5) is 0 Å². The van der Waals surface area contributed by atoms with Crippen molar-refractivity contribution in [3.63, 3.8) is 0 Å². The maximum Gasteiger partial charge on any atom is 0.482 e. The molecular formula is C6H17BN5O4. The summed E-state index contributed by atoms with van der Waals surface area (Å²) in [6.07, 6.45) is 2.16. The van der Waals surface area contributed by atoms with E-state index in [-0.39, 0.29) is 7.69 Å². The minimum atomic E-state index is -0.933. The van der Waals surface area contributed by atoms with Gasteiger partial charge in [0.15, 0.2) is 0 Å². The maximum atomic E-state index is 10.1. The Balaban J connectivity index is -0.000000235. The Bertz CT molecular complexity index is 188. The van der Waals surface area contributed by atoms with Crippen molar-refractivity contribution in [3.05, 3.63) is 10.4 Å². The van der Waals surface area contributed by atoms with Crippen molar-refractivity contribution in [3.8, 4) is 0 Å². The van der Waals surface area contributed by atoms with Crippen LogP contribution in [-0.2, 0) is 4.79 Å². The fourth-order valence-corrected chi connectivity index (χ4v) is 0.632. The smallest absolute Gasteiger partial charge is 0.480 e. The number of aliphatic carboxylic acids is 1. The lowest BCUT2D eigenvalue weighted by atomic mass is 10.1. The molecule has 0 bridgehead atoms. The normalized spacial score (nSPS) is 9.50. The van der Waals surface area contributed by atoms with Gasteiger partial charge in [0.25, 0.3) is 0 Å². The van der Waals surface area contributed by atoms with Crippen molar-refractivity contribution in [2.45, 2.75) is 25.3 Å². The molecule has 0 fully saturated rings. The molecule has 0 saturated heterocycles. The van der Waals surface area contributed by atoms with Gasteiger partial charge in [0.2, 0.25) is 0 Å². The average Bonchev–Trinajstić information content (AvgIpc) is 2.20. The molecule has 0 rings (SSSR count). The van der Waals surface area contributed by atoms with E-state index >= 15 is 0 Å². The Morgan fingerprint density at radius 2 is 1.88 bits per heavy atom. The monoisotopic (exact) mass is 234 g/mol. The topological polar surface area (TPSA) is 190 Å². The minimum Gasteiger partial charge on any atom is -0.480 e. The summed E-state index contributed by atoms with van der Waals surface area (Å²) < 4.78 is 0. The molecule has 9 nitrogen and oxygen atoms in total. The summed E-state index contributed by atoms with van der Waals surface area (Å²) in [4.78, 5) is 11.9. The Morgan fingerprint density at radius 3 is 2.12 bits per heavy atom. The van der Waals surface area contributed by atoms with Crippen LogP contribution in [0.5, 0.6) is 0 Å². The van der Waals surface area contributed by atoms with Gasteiger partial charge in [0, 0.05) is 0 Å². The molecule has 0 aliphatic heterocycles. The first kappa shape index (κ1) is 20.1. The first-order valence-electron chi connectivity index (χ1n) is 4.31. The molecule has 0 spiro atoms. The number of carboxylic acids is 1. The molecule has 1 atom stereocenters. The lowest BCUT2D eigenvalue weighted by Gasteiger charge is -2.03. The molecule has 93 valence electrons. The van der Waals surface area contributed by atoms with E-state index in [1.54, 1.807) is 4.91 Å². The molecule has 0 unspecified atom stereocenters. The first-order valence-corrected chi connectivity index (χ1v) is 4.31. The van der Waals surface area contributed by atoms with Crippen molar-refractivity contribution in [1.82, 2.24) is 0 Å². The molecule has 0 heterocycles. The third-order valence-electron chi connectivity index (χ3n) is 1.29. The van der Waals surface area contributed by atoms with E-state index in [1.807, 2.05) is 0 Å². The number of rotatable bonds is 5. The molecule has 0 aliphatic rings. The Hall–Kier alpha value is -1.32. The van der Waals surface area contributed by atoms with Crippen molar-refractivity contribution in [2.75, 3.05) is 6.54 Å². The van der Waals surface area contributed by atoms with Gasteiger partial charge in [-0.25, -0.2) is 0 Å². The van der Waals surface area contributed by atoms with Crippen LogP contribution < -0.4 is 11.5 Å². The van der Waals surface area contributed by atoms with Gasteiger partial charge in [-0.3, -0.25) is 4.79 Å². The number of unbranched alkanes of at least 4 members (excludes halogenated alkanes) is 1. The van der Waals surface area contributed by atoms with Crippen LogP contribution in [0.1, 0.15) is 19.3 Å². The van der Waals surface area contributed by atoms with Crippen LogP contribution >= 0.6 is 0 Å². The van der Waals surface area contributed by atoms with Gasteiger partial charge in [-0.2, -0.15) is 0 Å². The summed E-state index contributed by atoms with van der Waals surface area (Å²) in [5, 5.41) is 22.3. The average molecular weight is 234 g/mol. The molecule has 16 heavy (non-hydrogen) atoms. The molecule has 0 saturated carbocycles. The Labute approximate surface area is 93.8 Å². The second-order valence-corrected chi connectivity index (χ2v) is 2.44. The number of hydrogen-bond acceptors (Lipinski definition) is 6. The summed E-state index contributed by atoms with van der Waals surface area (Å²) in [6.45, 7) is 0.604. The van der Waals surface area contributed by atoms with E-state index < -0.39 is 12.0 Å². The fourth-order valence-electron chi connectivity index (χ4n) is 0.632. The van der Waals surface area contributed by atoms with Gasteiger partial charge < -0.3 is 26.6 Å². The predicted molar refractivity (Wildman–Crippen MR) is 58.1 cm³/mol. The highest BCUT2D eigenvalue weighted by atomic mass is 16.4. The Morgan fingerprint density at radius 1 is 1.50 bits per heavy atom. The quantitative estimate of drug-likeness (QED) is 0.115. The lowest BCUT2D eigenvalue weighted by Crippen LogP contribution is -2.29. The van der Waals surface area contributed by atoms with Gasteiger partial charge in [0.05, 0.1) is 0 Å². The van der Waals surface area contributed by atoms with E-state index in [4.69, 9.17) is 37.7 Å². The number of nitrogens with two attached hydrogens (primary N) is 2. The van der Waals surface area contributed by atoms with Gasteiger partial charge in [-0.15, -0.1) is 5.53 Å². The van der Waals surface area contributed by atoms with Crippen LogP contribution in [0.25, 0.3) is 10.4 Å². The van der Waals surface area contributed by atoms with Gasteiger partial charge in [-0.1, -0.05) is 6.42 Å². The zero-order valence-electron chi connectivity index (χ0n) is 8.78. The molecule has 0 aliphatic carbocycles. The zero-order chi connectivity index (χ0) is 13.4. The highest BCUT2D eigenvalue weighted by molar-refractivity contribution is 6.13. The zero-order valence-corrected chi connectivity index (χ0v) is 8.78. The number of hydrogen-bond donors (Lipinski definition) is 6. The second-order valence-electron chi connectivity index (χ2n) is 2.44. The highest BCUT2D eigenvalue weighted by Gasteiger charge is 2.09. The Kier molecular flexibility index (Phi) is 24.3. The van der Waals surface area contributed by atoms with E-state index in [2.05, 4.69) is 0 Å². The third-order valence-corrected chi connectivity index (χ3v) is 1.29. The molecule has 0 aromatic heterocycles. The molecule has 1 radical (unpaired) electrons. The first-order chi connectivity index (χ1) is 7.51. The van der Waals surface area contributed by atoms with Crippen LogP contribution in [0.2, 0.25) is 0 Å². The summed E-state index contributed by atoms with van der Waals surface area (Å²) in [7, 11) is 0. The van der Waals surface area contributed by atoms with Crippen LogP contribution in [-0.4, -0.2) is 41.4 Å². The maximum absolute atomic E-state index is 10.1. The number of nitrogens with zero attached hydrogens (tertiary/aromatic N) is 2. The molecule has 8 N–H and O–H groups in total. The summed E-state index contributed by atoms with van der Waals surface area (Å²) in [6, 6.07) is -0.716. The predicted octanol–water partition coefficient (Wildman–Crippen LogP) is -1.09. The number of carboxylic acid groups (broad SMARTS) is 1. The molecular weight excluding hydrogens is 217 g/mol. The second kappa shape index (κ2) is 19.3. The summed E-state index contributed by atoms with van der Waals surface area (Å²) >= 11 is 0. The number of carbonyl (C=O) groups is 1. The van der Waals surface area contributed by atoms with Crippen LogP contribution in [0.15, 0.2) is 0 Å². The van der Waals surface area contributed by atoms with Crippen LogP contribution in [0, 0.1) is 5.53 Å². The van der Waals surface area contributed by atoms with E-state index in [0.717, 1.165) is 12.8 Å². The van der Waals surface area contributed by atoms with E-state index in [9.17, 15) is 4.79 Å². The third kappa shape index (κ3) is 29.3. The van der Waals surface area contributed by atoms with Crippen molar-refractivity contribution in [1.29, 1.82) is 5.53 Å². The highest BCUT2D eigenvalue weighted by Crippen LogP contribution is 1.96. The van der Waals surface area contributed by atoms with Crippen molar-refractivity contribution < 1.29 is 19.9 Å².